The fourth-order valence-corrected chi connectivity index (χ4v) is 3.34. The van der Waals surface area contributed by atoms with E-state index in [4.69, 9.17) is 16.3 Å². The number of carbonyl (C=O) groups excluding carboxylic acids is 1. The van der Waals surface area contributed by atoms with Gasteiger partial charge in [0.2, 0.25) is 0 Å². The zero-order valence-electron chi connectivity index (χ0n) is 18.0. The summed E-state index contributed by atoms with van der Waals surface area (Å²) >= 11 is 6.05. The maximum atomic E-state index is 12.6. The van der Waals surface area contributed by atoms with Crippen molar-refractivity contribution in [1.29, 1.82) is 0 Å². The molecule has 0 spiro atoms. The van der Waals surface area contributed by atoms with E-state index in [0.717, 1.165) is 22.4 Å². The van der Waals surface area contributed by atoms with Crippen LogP contribution in [0.1, 0.15) is 32.6 Å². The molecule has 3 aromatic carbocycles. The van der Waals surface area contributed by atoms with Crippen molar-refractivity contribution in [2.75, 3.05) is 5.32 Å². The van der Waals surface area contributed by atoms with Crippen LogP contribution in [-0.2, 0) is 13.2 Å². The van der Waals surface area contributed by atoms with Crippen molar-refractivity contribution in [1.82, 2.24) is 9.78 Å². The summed E-state index contributed by atoms with van der Waals surface area (Å²) < 4.78 is 7.62. The van der Waals surface area contributed by atoms with E-state index >= 15 is 0 Å². The Morgan fingerprint density at radius 3 is 2.44 bits per heavy atom. The van der Waals surface area contributed by atoms with Gasteiger partial charge in [-0.1, -0.05) is 53.6 Å². The Bertz CT molecular complexity index is 1210. The molecule has 4 rings (SSSR count). The maximum absolute atomic E-state index is 12.6. The Hall–Kier alpha value is -3.57. The minimum Gasteiger partial charge on any atom is -0.489 e. The number of aromatic nitrogens is 2. The molecule has 0 atom stereocenters. The molecule has 1 N–H and O–H groups in total. The Labute approximate surface area is 192 Å². The van der Waals surface area contributed by atoms with Crippen molar-refractivity contribution in [3.05, 3.63) is 112 Å². The lowest BCUT2D eigenvalue weighted by Crippen LogP contribution is -2.11. The van der Waals surface area contributed by atoms with Crippen LogP contribution in [0.25, 0.3) is 0 Å². The van der Waals surface area contributed by atoms with Crippen molar-refractivity contribution in [2.24, 2.45) is 0 Å². The predicted octanol–water partition coefficient (Wildman–Crippen LogP) is 6.03. The lowest BCUT2D eigenvalue weighted by Gasteiger charge is -2.09. The third kappa shape index (κ3) is 5.56. The summed E-state index contributed by atoms with van der Waals surface area (Å²) in [7, 11) is 0. The number of hydrogen-bond acceptors (Lipinski definition) is 3. The SMILES string of the molecule is Cc1ccc(Cn2cc(NC(=O)c3ccc(COc4ccc(Cl)c(C)c4)cc3)cn2)cc1. The van der Waals surface area contributed by atoms with Crippen LogP contribution in [0, 0.1) is 13.8 Å². The molecule has 0 saturated heterocycles. The first-order chi connectivity index (χ1) is 15.5. The predicted molar refractivity (Wildman–Crippen MR) is 127 cm³/mol. The standard InChI is InChI=1S/C26H24ClN3O2/c1-18-3-5-20(6-4-18)15-30-16-23(14-28-30)29-26(31)22-9-7-21(8-10-22)17-32-24-11-12-25(27)19(2)13-24/h3-14,16H,15,17H2,1-2H3,(H,29,31). The van der Waals surface area contributed by atoms with E-state index in [0.29, 0.717) is 29.4 Å². The third-order valence-corrected chi connectivity index (χ3v) is 5.53. The highest BCUT2D eigenvalue weighted by atomic mass is 35.5. The van der Waals surface area contributed by atoms with Crippen LogP contribution in [0.15, 0.2) is 79.1 Å². The molecular formula is C26H24ClN3O2. The van der Waals surface area contributed by atoms with E-state index in [-0.39, 0.29) is 5.91 Å². The van der Waals surface area contributed by atoms with Crippen molar-refractivity contribution >= 4 is 23.2 Å². The van der Waals surface area contributed by atoms with Gasteiger partial charge in [-0.3, -0.25) is 9.48 Å². The zero-order chi connectivity index (χ0) is 22.5. The van der Waals surface area contributed by atoms with Crippen molar-refractivity contribution in [2.45, 2.75) is 27.0 Å². The highest BCUT2D eigenvalue weighted by Crippen LogP contribution is 2.22. The van der Waals surface area contributed by atoms with Gasteiger partial charge in [0.25, 0.3) is 5.91 Å². The van der Waals surface area contributed by atoms with Gasteiger partial charge in [0.05, 0.1) is 18.4 Å². The van der Waals surface area contributed by atoms with Crippen LogP contribution >= 0.6 is 11.6 Å². The van der Waals surface area contributed by atoms with Gasteiger partial charge >= 0.3 is 0 Å². The first-order valence-electron chi connectivity index (χ1n) is 10.3. The van der Waals surface area contributed by atoms with E-state index in [9.17, 15) is 4.79 Å². The number of halogens is 1. The first-order valence-corrected chi connectivity index (χ1v) is 10.7. The molecule has 1 heterocycles. The second kappa shape index (κ2) is 9.71. The highest BCUT2D eigenvalue weighted by Gasteiger charge is 2.08. The number of aryl methyl sites for hydroxylation is 2. The molecule has 0 aliphatic carbocycles. The zero-order valence-corrected chi connectivity index (χ0v) is 18.8. The van der Waals surface area contributed by atoms with Gasteiger partial charge in [-0.2, -0.15) is 5.10 Å². The van der Waals surface area contributed by atoms with Gasteiger partial charge in [0, 0.05) is 16.8 Å². The van der Waals surface area contributed by atoms with E-state index in [1.807, 2.05) is 43.5 Å². The summed E-state index contributed by atoms with van der Waals surface area (Å²) in [6, 6.07) is 21.2. The first kappa shape index (κ1) is 21.7. The number of nitrogens with one attached hydrogen (secondary N) is 1. The average Bonchev–Trinajstić information content (AvgIpc) is 3.23. The Morgan fingerprint density at radius 1 is 1.00 bits per heavy atom. The van der Waals surface area contributed by atoms with E-state index < -0.39 is 0 Å². The molecular weight excluding hydrogens is 422 g/mol. The number of anilines is 1. The van der Waals surface area contributed by atoms with Crippen LogP contribution in [-0.4, -0.2) is 15.7 Å². The minimum absolute atomic E-state index is 0.180. The largest absolute Gasteiger partial charge is 0.489 e. The van der Waals surface area contributed by atoms with Crippen LogP contribution in [0.2, 0.25) is 5.02 Å². The van der Waals surface area contributed by atoms with Crippen LogP contribution < -0.4 is 10.1 Å². The summed E-state index contributed by atoms with van der Waals surface area (Å²) in [5, 5.41) is 7.95. The van der Waals surface area contributed by atoms with Gasteiger partial charge in [0.15, 0.2) is 0 Å². The molecule has 6 heteroatoms. The van der Waals surface area contributed by atoms with Gasteiger partial charge in [-0.05, 0) is 60.9 Å². The monoisotopic (exact) mass is 445 g/mol. The summed E-state index contributed by atoms with van der Waals surface area (Å²) in [6.45, 7) is 5.06. The number of ether oxygens (including phenoxy) is 1. The molecule has 4 aromatic rings. The second-order valence-electron chi connectivity index (χ2n) is 7.76. The Balaban J connectivity index is 1.32. The van der Waals surface area contributed by atoms with E-state index in [2.05, 4.69) is 41.6 Å². The molecule has 0 bridgehead atoms. The average molecular weight is 446 g/mol. The van der Waals surface area contributed by atoms with Gasteiger partial charge in [-0.15, -0.1) is 0 Å². The Morgan fingerprint density at radius 2 is 1.72 bits per heavy atom. The Kier molecular flexibility index (Phi) is 6.57. The number of benzene rings is 3. The normalized spacial score (nSPS) is 10.7. The molecule has 1 amide bonds. The highest BCUT2D eigenvalue weighted by molar-refractivity contribution is 6.31. The number of hydrogen-bond donors (Lipinski definition) is 1. The summed E-state index contributed by atoms with van der Waals surface area (Å²) in [4.78, 5) is 12.6. The molecule has 162 valence electrons. The number of amides is 1. The number of rotatable bonds is 7. The van der Waals surface area contributed by atoms with E-state index in [1.165, 1.54) is 5.56 Å². The molecule has 5 nitrogen and oxygen atoms in total. The third-order valence-electron chi connectivity index (χ3n) is 5.11. The quantitative estimate of drug-likeness (QED) is 0.377. The van der Waals surface area contributed by atoms with Gasteiger partial charge < -0.3 is 10.1 Å². The summed E-state index contributed by atoms with van der Waals surface area (Å²) in [5.41, 5.74) is 5.55. The summed E-state index contributed by atoms with van der Waals surface area (Å²) in [5.74, 6) is 0.581. The molecule has 0 fully saturated rings. The molecule has 0 radical (unpaired) electrons. The van der Waals surface area contributed by atoms with Crippen molar-refractivity contribution < 1.29 is 9.53 Å². The molecule has 1 aromatic heterocycles. The fraction of sp³-hybridized carbons (Fsp3) is 0.154. The molecule has 0 unspecified atom stereocenters. The number of carbonyl (C=O) groups is 1. The van der Waals surface area contributed by atoms with Gasteiger partial charge in [-0.25, -0.2) is 0 Å². The molecule has 0 aliphatic rings. The van der Waals surface area contributed by atoms with Crippen molar-refractivity contribution in [3.8, 4) is 5.75 Å². The van der Waals surface area contributed by atoms with E-state index in [1.54, 1.807) is 23.0 Å². The van der Waals surface area contributed by atoms with Crippen LogP contribution in [0.5, 0.6) is 5.75 Å². The van der Waals surface area contributed by atoms with Crippen molar-refractivity contribution in [3.63, 3.8) is 0 Å². The van der Waals surface area contributed by atoms with Crippen LogP contribution in [0.4, 0.5) is 5.69 Å². The molecule has 32 heavy (non-hydrogen) atoms. The molecule has 0 aliphatic heterocycles. The lowest BCUT2D eigenvalue weighted by atomic mass is 10.1. The topological polar surface area (TPSA) is 56.2 Å². The van der Waals surface area contributed by atoms with Gasteiger partial charge in [0.1, 0.15) is 12.4 Å². The fourth-order valence-electron chi connectivity index (χ4n) is 3.22. The second-order valence-corrected chi connectivity index (χ2v) is 8.17. The molecule has 0 saturated carbocycles. The van der Waals surface area contributed by atoms with Crippen LogP contribution in [0.3, 0.4) is 0 Å². The smallest absolute Gasteiger partial charge is 0.255 e. The number of nitrogens with zero attached hydrogens (tertiary/aromatic N) is 2. The summed E-state index contributed by atoms with van der Waals surface area (Å²) in [6.07, 6.45) is 3.48. The maximum Gasteiger partial charge on any atom is 0.255 e. The minimum atomic E-state index is -0.180. The lowest BCUT2D eigenvalue weighted by molar-refractivity contribution is 0.102.